The Morgan fingerprint density at radius 3 is 2.50 bits per heavy atom. The molecule has 7 nitrogen and oxygen atoms in total. The van der Waals surface area contributed by atoms with Gasteiger partial charge in [-0.25, -0.2) is 4.79 Å². The molecule has 22 heavy (non-hydrogen) atoms. The largest absolute Gasteiger partial charge is 0.353 e. The van der Waals surface area contributed by atoms with E-state index < -0.39 is 5.54 Å². The number of imide groups is 1. The zero-order valence-electron chi connectivity index (χ0n) is 13.5. The highest BCUT2D eigenvalue weighted by Gasteiger charge is 2.55. The summed E-state index contributed by atoms with van der Waals surface area (Å²) in [4.78, 5) is 39.6. The van der Waals surface area contributed by atoms with Crippen molar-refractivity contribution in [1.29, 1.82) is 0 Å². The molecule has 1 spiro atoms. The van der Waals surface area contributed by atoms with Gasteiger partial charge in [0.2, 0.25) is 5.91 Å². The van der Waals surface area contributed by atoms with Gasteiger partial charge >= 0.3 is 6.03 Å². The van der Waals surface area contributed by atoms with Gasteiger partial charge in [-0.2, -0.15) is 0 Å². The molecule has 1 saturated heterocycles. The smallest absolute Gasteiger partial charge is 0.327 e. The molecule has 0 radical (unpaired) electrons. The Morgan fingerprint density at radius 1 is 1.18 bits per heavy atom. The highest BCUT2D eigenvalue weighted by molar-refractivity contribution is 6.08. The van der Waals surface area contributed by atoms with Gasteiger partial charge in [0, 0.05) is 20.1 Å². The third-order valence-electron chi connectivity index (χ3n) is 4.66. The normalized spacial score (nSPS) is 20.8. The Hall–Kier alpha value is -1.63. The molecule has 7 heteroatoms. The van der Waals surface area contributed by atoms with Crippen LogP contribution in [-0.4, -0.2) is 66.4 Å². The van der Waals surface area contributed by atoms with Crippen molar-refractivity contribution in [2.24, 2.45) is 0 Å². The lowest BCUT2D eigenvalue weighted by atomic mass is 9.81. The maximum absolute atomic E-state index is 12.7. The van der Waals surface area contributed by atoms with Crippen LogP contribution in [0.1, 0.15) is 39.0 Å². The summed E-state index contributed by atoms with van der Waals surface area (Å²) in [6.07, 6.45) is 4.40. The molecule has 0 aromatic carbocycles. The SMILES string of the molecule is CCNCCNC(=O)CN1C(=O)N(C)C2(CCCCC2)C1=O. The molecule has 1 aliphatic carbocycles. The Morgan fingerprint density at radius 2 is 1.86 bits per heavy atom. The lowest BCUT2D eigenvalue weighted by Gasteiger charge is -2.35. The van der Waals surface area contributed by atoms with Crippen molar-refractivity contribution in [3.63, 3.8) is 0 Å². The molecule has 0 unspecified atom stereocenters. The minimum absolute atomic E-state index is 0.185. The Labute approximate surface area is 131 Å². The van der Waals surface area contributed by atoms with Crippen molar-refractivity contribution in [3.05, 3.63) is 0 Å². The second-order valence-electron chi connectivity index (χ2n) is 6.03. The molecule has 0 bridgehead atoms. The van der Waals surface area contributed by atoms with Gasteiger partial charge in [0.1, 0.15) is 12.1 Å². The van der Waals surface area contributed by atoms with Gasteiger partial charge in [-0.3, -0.25) is 14.5 Å². The van der Waals surface area contributed by atoms with E-state index in [2.05, 4.69) is 10.6 Å². The van der Waals surface area contributed by atoms with Gasteiger partial charge in [-0.1, -0.05) is 26.2 Å². The predicted molar refractivity (Wildman–Crippen MR) is 82.2 cm³/mol. The van der Waals surface area contributed by atoms with E-state index >= 15 is 0 Å². The van der Waals surface area contributed by atoms with Crippen molar-refractivity contribution in [2.75, 3.05) is 33.2 Å². The fraction of sp³-hybridized carbons (Fsp3) is 0.800. The number of carbonyl (C=O) groups excluding carboxylic acids is 3. The van der Waals surface area contributed by atoms with Crippen LogP contribution in [-0.2, 0) is 9.59 Å². The third-order valence-corrected chi connectivity index (χ3v) is 4.66. The van der Waals surface area contributed by atoms with E-state index in [1.54, 1.807) is 11.9 Å². The van der Waals surface area contributed by atoms with E-state index in [9.17, 15) is 14.4 Å². The summed E-state index contributed by atoms with van der Waals surface area (Å²) in [6, 6.07) is -0.353. The standard InChI is InChI=1S/C15H26N4O3/c1-3-16-9-10-17-12(20)11-19-13(21)15(18(2)14(19)22)7-5-4-6-8-15/h16H,3-11H2,1-2H3,(H,17,20). The van der Waals surface area contributed by atoms with Crippen LogP contribution >= 0.6 is 0 Å². The third kappa shape index (κ3) is 3.09. The number of urea groups is 1. The predicted octanol–water partition coefficient (Wildman–Crippen LogP) is 0.309. The summed E-state index contributed by atoms with van der Waals surface area (Å²) in [5.41, 5.74) is -0.709. The van der Waals surface area contributed by atoms with Crippen molar-refractivity contribution < 1.29 is 14.4 Å². The average molecular weight is 310 g/mol. The first kappa shape index (κ1) is 16.7. The topological polar surface area (TPSA) is 81.8 Å². The van der Waals surface area contributed by atoms with E-state index in [0.717, 1.165) is 30.7 Å². The maximum atomic E-state index is 12.7. The minimum atomic E-state index is -0.709. The van der Waals surface area contributed by atoms with E-state index in [-0.39, 0.29) is 24.4 Å². The Kier molecular flexibility index (Phi) is 5.39. The fourth-order valence-electron chi connectivity index (χ4n) is 3.34. The van der Waals surface area contributed by atoms with Gasteiger partial charge < -0.3 is 15.5 Å². The molecule has 1 saturated carbocycles. The van der Waals surface area contributed by atoms with Crippen molar-refractivity contribution in [1.82, 2.24) is 20.4 Å². The Bertz CT molecular complexity index is 446. The summed E-state index contributed by atoms with van der Waals surface area (Å²) in [5, 5.41) is 5.82. The van der Waals surface area contributed by atoms with Gasteiger partial charge in [0.05, 0.1) is 0 Å². The number of nitrogens with one attached hydrogen (secondary N) is 2. The summed E-state index contributed by atoms with van der Waals surface area (Å²) in [7, 11) is 1.68. The number of hydrogen-bond donors (Lipinski definition) is 2. The molecule has 0 atom stereocenters. The lowest BCUT2D eigenvalue weighted by molar-refractivity contribution is -0.137. The zero-order chi connectivity index (χ0) is 16.2. The molecule has 2 fully saturated rings. The monoisotopic (exact) mass is 310 g/mol. The van der Waals surface area contributed by atoms with Crippen LogP contribution in [0.4, 0.5) is 4.79 Å². The van der Waals surface area contributed by atoms with Crippen molar-refractivity contribution in [3.8, 4) is 0 Å². The Balaban J connectivity index is 1.95. The summed E-state index contributed by atoms with van der Waals surface area (Å²) in [6.45, 7) is 3.81. The molecule has 1 heterocycles. The maximum Gasteiger partial charge on any atom is 0.327 e. The number of hydrogen-bond acceptors (Lipinski definition) is 4. The second-order valence-corrected chi connectivity index (χ2v) is 6.03. The number of amides is 4. The summed E-state index contributed by atoms with van der Waals surface area (Å²) in [5.74, 6) is -0.498. The fourth-order valence-corrected chi connectivity index (χ4v) is 3.34. The molecule has 1 aliphatic heterocycles. The number of likely N-dealkylation sites (N-methyl/N-ethyl adjacent to an activating group) is 2. The van der Waals surface area contributed by atoms with E-state index in [1.165, 1.54) is 0 Å². The lowest BCUT2D eigenvalue weighted by Crippen LogP contribution is -2.49. The molecular formula is C15H26N4O3. The van der Waals surface area contributed by atoms with E-state index in [4.69, 9.17) is 0 Å². The molecular weight excluding hydrogens is 284 g/mol. The van der Waals surface area contributed by atoms with Crippen LogP contribution < -0.4 is 10.6 Å². The highest BCUT2D eigenvalue weighted by atomic mass is 16.2. The van der Waals surface area contributed by atoms with Crippen molar-refractivity contribution in [2.45, 2.75) is 44.6 Å². The van der Waals surface area contributed by atoms with Gasteiger partial charge in [-0.15, -0.1) is 0 Å². The van der Waals surface area contributed by atoms with E-state index in [0.29, 0.717) is 25.9 Å². The first-order chi connectivity index (χ1) is 10.5. The van der Waals surface area contributed by atoms with Crippen LogP contribution in [0.15, 0.2) is 0 Å². The second kappa shape index (κ2) is 7.09. The molecule has 2 aliphatic rings. The van der Waals surface area contributed by atoms with Crippen LogP contribution in [0.25, 0.3) is 0 Å². The zero-order valence-corrected chi connectivity index (χ0v) is 13.5. The first-order valence-corrected chi connectivity index (χ1v) is 8.10. The van der Waals surface area contributed by atoms with Gasteiger partial charge in [0.15, 0.2) is 0 Å². The summed E-state index contributed by atoms with van der Waals surface area (Å²) >= 11 is 0. The highest BCUT2D eigenvalue weighted by Crippen LogP contribution is 2.39. The van der Waals surface area contributed by atoms with Gasteiger partial charge in [0.25, 0.3) is 5.91 Å². The molecule has 2 rings (SSSR count). The first-order valence-electron chi connectivity index (χ1n) is 8.10. The summed E-state index contributed by atoms with van der Waals surface area (Å²) < 4.78 is 0. The number of carbonyl (C=O) groups is 3. The average Bonchev–Trinajstić information content (AvgIpc) is 2.69. The molecule has 2 N–H and O–H groups in total. The molecule has 0 aromatic heterocycles. The van der Waals surface area contributed by atoms with Crippen molar-refractivity contribution >= 4 is 17.8 Å². The van der Waals surface area contributed by atoms with Crippen LogP contribution in [0.5, 0.6) is 0 Å². The van der Waals surface area contributed by atoms with E-state index in [1.807, 2.05) is 6.92 Å². The molecule has 0 aromatic rings. The van der Waals surface area contributed by atoms with Crippen LogP contribution in [0.3, 0.4) is 0 Å². The van der Waals surface area contributed by atoms with Gasteiger partial charge in [-0.05, 0) is 19.4 Å². The van der Waals surface area contributed by atoms with Crippen LogP contribution in [0.2, 0.25) is 0 Å². The minimum Gasteiger partial charge on any atom is -0.353 e. The molecule has 124 valence electrons. The quantitative estimate of drug-likeness (QED) is 0.546. The number of rotatable bonds is 6. The molecule has 4 amide bonds. The number of nitrogens with zero attached hydrogens (tertiary/aromatic N) is 2. The van der Waals surface area contributed by atoms with Crippen LogP contribution in [0, 0.1) is 0 Å².